The Balaban J connectivity index is 1.32. The summed E-state index contributed by atoms with van der Waals surface area (Å²) in [5, 5.41) is 3.83. The molecule has 168 valence electrons. The lowest BCUT2D eigenvalue weighted by atomic mass is 10.1. The number of pyridine rings is 1. The zero-order valence-electron chi connectivity index (χ0n) is 17.9. The summed E-state index contributed by atoms with van der Waals surface area (Å²) in [6, 6.07) is 18.0. The molecule has 1 amide bonds. The van der Waals surface area contributed by atoms with Gasteiger partial charge in [0, 0.05) is 28.4 Å². The predicted octanol–water partition coefficient (Wildman–Crippen LogP) is 7.42. The molecule has 5 aromatic rings. The zero-order valence-corrected chi connectivity index (χ0v) is 19.4. The number of rotatable bonds is 5. The molecule has 2 aromatic carbocycles. The minimum absolute atomic E-state index is 0.366. The first-order valence-electron chi connectivity index (χ1n) is 10.3. The molecule has 0 fully saturated rings. The van der Waals surface area contributed by atoms with Crippen molar-refractivity contribution in [3.05, 3.63) is 94.3 Å². The first-order valence-corrected chi connectivity index (χ1v) is 11.1. The molecule has 0 bridgehead atoms. The number of anilines is 1. The maximum atomic E-state index is 12.5. The minimum Gasteiger partial charge on any atom is -0.457 e. The van der Waals surface area contributed by atoms with Crippen LogP contribution < -0.4 is 5.32 Å². The molecule has 3 heterocycles. The highest BCUT2D eigenvalue weighted by atomic mass is 35.5. The van der Waals surface area contributed by atoms with Gasteiger partial charge >= 0.3 is 0 Å². The van der Waals surface area contributed by atoms with Crippen molar-refractivity contribution in [2.24, 2.45) is 0 Å². The molecule has 6 nitrogen and oxygen atoms in total. The number of hydrogen-bond donors (Lipinski definition) is 1. The third-order valence-electron chi connectivity index (χ3n) is 5.20. The van der Waals surface area contributed by atoms with Gasteiger partial charge in [0.25, 0.3) is 0 Å². The molecule has 8 heteroatoms. The lowest BCUT2D eigenvalue weighted by Crippen LogP contribution is -2.08. The molecule has 0 aliphatic carbocycles. The van der Waals surface area contributed by atoms with E-state index in [9.17, 15) is 4.79 Å². The largest absolute Gasteiger partial charge is 0.457 e. The van der Waals surface area contributed by atoms with E-state index < -0.39 is 0 Å². The number of nitrogens with one attached hydrogen (secondary N) is 1. The van der Waals surface area contributed by atoms with E-state index in [4.69, 9.17) is 32.0 Å². The number of aromatic nitrogens is 2. The molecule has 0 unspecified atom stereocenters. The van der Waals surface area contributed by atoms with Crippen LogP contribution in [0.4, 0.5) is 5.69 Å². The average Bonchev–Trinajstić information content (AvgIpc) is 3.48. The van der Waals surface area contributed by atoms with Crippen molar-refractivity contribution in [3.8, 4) is 22.8 Å². The van der Waals surface area contributed by atoms with Gasteiger partial charge in [-0.05, 0) is 67.1 Å². The third-order valence-corrected chi connectivity index (χ3v) is 5.93. The Labute approximate surface area is 204 Å². The van der Waals surface area contributed by atoms with Crippen LogP contribution in [0.15, 0.2) is 81.8 Å². The van der Waals surface area contributed by atoms with Gasteiger partial charge in [-0.25, -0.2) is 4.98 Å². The van der Waals surface area contributed by atoms with Crippen LogP contribution in [0.5, 0.6) is 0 Å². The summed E-state index contributed by atoms with van der Waals surface area (Å²) >= 11 is 12.5. The van der Waals surface area contributed by atoms with Crippen molar-refractivity contribution in [2.45, 2.75) is 6.92 Å². The van der Waals surface area contributed by atoms with Crippen LogP contribution in [-0.2, 0) is 4.79 Å². The number of nitrogens with zero attached hydrogens (tertiary/aromatic N) is 2. The van der Waals surface area contributed by atoms with Gasteiger partial charge in [0.15, 0.2) is 11.2 Å². The van der Waals surface area contributed by atoms with Crippen molar-refractivity contribution in [1.82, 2.24) is 9.97 Å². The van der Waals surface area contributed by atoms with Crippen molar-refractivity contribution in [1.29, 1.82) is 0 Å². The number of fused-ring (bicyclic) bond motifs is 1. The SMILES string of the molecule is Cc1c(Cl)cccc1-c1ccc(/C=C/C(=O)Nc2cc(-c3nc4ncccc4o3)ccc2Cl)o1. The van der Waals surface area contributed by atoms with Crippen LogP contribution in [-0.4, -0.2) is 15.9 Å². The highest BCUT2D eigenvalue weighted by Gasteiger charge is 2.13. The molecule has 34 heavy (non-hydrogen) atoms. The number of furan rings is 1. The number of carbonyl (C=O) groups excluding carboxylic acids is 1. The van der Waals surface area contributed by atoms with E-state index in [-0.39, 0.29) is 5.91 Å². The van der Waals surface area contributed by atoms with Crippen molar-refractivity contribution in [3.63, 3.8) is 0 Å². The summed E-state index contributed by atoms with van der Waals surface area (Å²) in [7, 11) is 0. The van der Waals surface area contributed by atoms with E-state index in [0.29, 0.717) is 49.9 Å². The number of oxazole rings is 1. The molecule has 3 aromatic heterocycles. The normalized spacial score (nSPS) is 11.4. The standard InChI is InChI=1S/C26H17Cl2N3O3/c1-15-18(4-2-5-19(15)27)22-11-8-17(33-22)9-12-24(32)30-21-14-16(7-10-20(21)28)26-31-25-23(34-26)6-3-13-29-25/h2-14H,1H3,(H,30,32)/b12-9+. The second kappa shape index (κ2) is 9.17. The first-order chi connectivity index (χ1) is 16.5. The van der Waals surface area contributed by atoms with E-state index in [2.05, 4.69) is 15.3 Å². The fourth-order valence-corrected chi connectivity index (χ4v) is 3.78. The molecule has 5 rings (SSSR count). The fourth-order valence-electron chi connectivity index (χ4n) is 3.44. The lowest BCUT2D eigenvalue weighted by Gasteiger charge is -2.06. The van der Waals surface area contributed by atoms with Crippen LogP contribution in [0.25, 0.3) is 40.1 Å². The molecular weight excluding hydrogens is 473 g/mol. The summed E-state index contributed by atoms with van der Waals surface area (Å²) in [4.78, 5) is 21.1. The second-order valence-corrected chi connectivity index (χ2v) is 8.29. The molecule has 0 radical (unpaired) electrons. The highest BCUT2D eigenvalue weighted by Crippen LogP contribution is 2.31. The first kappa shape index (κ1) is 21.9. The summed E-state index contributed by atoms with van der Waals surface area (Å²) in [5.74, 6) is 1.22. The Morgan fingerprint density at radius 2 is 1.88 bits per heavy atom. The number of benzene rings is 2. The smallest absolute Gasteiger partial charge is 0.248 e. The van der Waals surface area contributed by atoms with Crippen LogP contribution in [0.2, 0.25) is 10.0 Å². The van der Waals surface area contributed by atoms with Crippen LogP contribution in [0.1, 0.15) is 11.3 Å². The van der Waals surface area contributed by atoms with Crippen molar-refractivity contribution < 1.29 is 13.6 Å². The van der Waals surface area contributed by atoms with Gasteiger partial charge in [0.2, 0.25) is 11.8 Å². The molecule has 0 aliphatic heterocycles. The summed E-state index contributed by atoms with van der Waals surface area (Å²) in [5.41, 5.74) is 4.00. The quantitative estimate of drug-likeness (QED) is 0.259. The van der Waals surface area contributed by atoms with Gasteiger partial charge in [-0.3, -0.25) is 4.79 Å². The van der Waals surface area contributed by atoms with Crippen LogP contribution in [0, 0.1) is 6.92 Å². The molecule has 0 aliphatic rings. The third kappa shape index (κ3) is 4.46. The van der Waals surface area contributed by atoms with Gasteiger partial charge < -0.3 is 14.2 Å². The van der Waals surface area contributed by atoms with Crippen molar-refractivity contribution >= 4 is 52.1 Å². The number of carbonyl (C=O) groups is 1. The maximum absolute atomic E-state index is 12.5. The van der Waals surface area contributed by atoms with Gasteiger partial charge in [0.05, 0.1) is 10.7 Å². The second-order valence-electron chi connectivity index (χ2n) is 7.48. The Morgan fingerprint density at radius 1 is 1.00 bits per heavy atom. The summed E-state index contributed by atoms with van der Waals surface area (Å²) in [6.45, 7) is 1.93. The number of hydrogen-bond acceptors (Lipinski definition) is 5. The maximum Gasteiger partial charge on any atom is 0.248 e. The number of amides is 1. The predicted molar refractivity (Wildman–Crippen MR) is 134 cm³/mol. The summed E-state index contributed by atoms with van der Waals surface area (Å²) in [6.07, 6.45) is 4.61. The van der Waals surface area contributed by atoms with Crippen LogP contribution >= 0.6 is 23.2 Å². The Morgan fingerprint density at radius 3 is 2.74 bits per heavy atom. The fraction of sp³-hybridized carbons (Fsp3) is 0.0385. The van der Waals surface area contributed by atoms with Crippen LogP contribution in [0.3, 0.4) is 0 Å². The molecule has 0 atom stereocenters. The Bertz CT molecular complexity index is 1520. The number of halogens is 2. The van der Waals surface area contributed by atoms with Crippen molar-refractivity contribution in [2.75, 3.05) is 5.32 Å². The topological polar surface area (TPSA) is 81.2 Å². The average molecular weight is 490 g/mol. The molecule has 0 saturated heterocycles. The minimum atomic E-state index is -0.366. The van der Waals surface area contributed by atoms with Gasteiger partial charge in [-0.2, -0.15) is 4.98 Å². The zero-order chi connectivity index (χ0) is 23.7. The Hall–Kier alpha value is -3.87. The van der Waals surface area contributed by atoms with E-state index in [0.717, 1.165) is 11.1 Å². The summed E-state index contributed by atoms with van der Waals surface area (Å²) < 4.78 is 11.6. The molecule has 1 N–H and O–H groups in total. The van der Waals surface area contributed by atoms with E-state index in [1.165, 1.54) is 6.08 Å². The van der Waals surface area contributed by atoms with Gasteiger partial charge in [0.1, 0.15) is 11.5 Å². The molecule has 0 spiro atoms. The molecule has 0 saturated carbocycles. The monoisotopic (exact) mass is 489 g/mol. The van der Waals surface area contributed by atoms with E-state index in [1.54, 1.807) is 48.7 Å². The van der Waals surface area contributed by atoms with Gasteiger partial charge in [-0.1, -0.05) is 35.3 Å². The Kier molecular flexibility index (Phi) is 5.92. The lowest BCUT2D eigenvalue weighted by molar-refractivity contribution is -0.111. The van der Waals surface area contributed by atoms with Gasteiger partial charge in [-0.15, -0.1) is 0 Å². The highest BCUT2D eigenvalue weighted by molar-refractivity contribution is 6.34. The van der Waals surface area contributed by atoms with E-state index >= 15 is 0 Å². The molecular formula is C26H17Cl2N3O3. The van der Waals surface area contributed by atoms with E-state index in [1.807, 2.05) is 31.2 Å².